The van der Waals surface area contributed by atoms with Crippen molar-refractivity contribution in [3.8, 4) is 11.4 Å². The summed E-state index contributed by atoms with van der Waals surface area (Å²) < 4.78 is 3.09. The van der Waals surface area contributed by atoms with Crippen LogP contribution in [-0.2, 0) is 11.0 Å². The molecule has 0 saturated heterocycles. The zero-order valence-electron chi connectivity index (χ0n) is 20.8. The molecule has 0 amide bonds. The molecule has 0 aliphatic heterocycles. The number of benzene rings is 2. The third kappa shape index (κ3) is 4.83. The average molecular weight is 595 g/mol. The van der Waals surface area contributed by atoms with Gasteiger partial charge in [-0.05, 0) is 62.3 Å². The van der Waals surface area contributed by atoms with E-state index in [1.165, 1.54) is 24.8 Å². The number of aromatic carboxylic acids is 1. The Morgan fingerprint density at radius 2 is 1.83 bits per heavy atom. The fourth-order valence-corrected chi connectivity index (χ4v) is 5.27. The minimum absolute atomic E-state index is 0.175. The third-order valence-electron chi connectivity index (χ3n) is 7.17. The highest BCUT2D eigenvalue weighted by Gasteiger charge is 2.27. The Morgan fingerprint density at radius 3 is 2.47 bits per heavy atom. The minimum atomic E-state index is -1.16. The highest BCUT2D eigenvalue weighted by molar-refractivity contribution is 14.1. The lowest BCUT2D eigenvalue weighted by Crippen LogP contribution is -2.31. The molecule has 1 fully saturated rings. The molecule has 186 valence electrons. The molecule has 5 rings (SSSR count). The lowest BCUT2D eigenvalue weighted by molar-refractivity contribution is 0.0684. The van der Waals surface area contributed by atoms with Crippen LogP contribution in [0.15, 0.2) is 42.5 Å². The summed E-state index contributed by atoms with van der Waals surface area (Å²) in [5, 5.41) is 13.3. The van der Waals surface area contributed by atoms with Crippen molar-refractivity contribution in [1.82, 2.24) is 19.5 Å². The van der Waals surface area contributed by atoms with Gasteiger partial charge in [0.2, 0.25) is 5.82 Å². The summed E-state index contributed by atoms with van der Waals surface area (Å²) in [7, 11) is 0. The summed E-state index contributed by atoms with van der Waals surface area (Å²) in [5.41, 5.74) is 6.78. The predicted molar refractivity (Wildman–Crippen MR) is 151 cm³/mol. The van der Waals surface area contributed by atoms with Crippen molar-refractivity contribution in [3.63, 3.8) is 0 Å². The second-order valence-corrected chi connectivity index (χ2v) is 10.6. The molecular weight excluding hydrogens is 565 g/mol. The number of hydrogen-bond acceptors (Lipinski definition) is 5. The van der Waals surface area contributed by atoms with Crippen LogP contribution in [0.5, 0.6) is 0 Å². The van der Waals surface area contributed by atoms with Crippen LogP contribution >= 0.6 is 22.6 Å². The van der Waals surface area contributed by atoms with Gasteiger partial charge in [-0.1, -0.05) is 71.0 Å². The lowest BCUT2D eigenvalue weighted by atomic mass is 9.80. The number of nitrogens with one attached hydrogen (secondary N) is 1. The number of halogens is 1. The number of fused-ring (bicyclic) bond motifs is 1. The first kappa shape index (κ1) is 24.7. The Balaban J connectivity index is 1.72. The van der Waals surface area contributed by atoms with E-state index in [-0.39, 0.29) is 11.9 Å². The number of rotatable bonds is 8. The Bertz CT molecular complexity index is 1430. The number of alkyl halides is 1. The second kappa shape index (κ2) is 10.2. The van der Waals surface area contributed by atoms with Crippen LogP contribution in [-0.4, -0.2) is 36.6 Å². The zero-order chi connectivity index (χ0) is 25.4. The minimum Gasteiger partial charge on any atom is -0.475 e. The van der Waals surface area contributed by atoms with Crippen molar-refractivity contribution in [1.29, 1.82) is 0 Å². The first-order valence-corrected chi connectivity index (χ1v) is 13.9. The Labute approximate surface area is 224 Å². The van der Waals surface area contributed by atoms with Crippen LogP contribution in [0.4, 0.5) is 5.82 Å². The molecule has 2 aromatic carbocycles. The van der Waals surface area contributed by atoms with Crippen LogP contribution in [0.2, 0.25) is 0 Å². The maximum atomic E-state index is 11.9. The molecule has 0 radical (unpaired) electrons. The standard InChI is InChI=1S/C28H30IN5O2/c1-16-7-8-17(2)22(13-16)27-33-25-23(34(27)15-20-11-9-19(14-29)10-12-20)24(31-26(32-25)28(35)36)30-18(3)21-5-4-6-21/h7-13,18,21H,4-6,14-15H2,1-3H3,(H,35,36)(H,30,31,32)/t18-/m1/s1. The van der Waals surface area contributed by atoms with Gasteiger partial charge in [0.25, 0.3) is 0 Å². The summed E-state index contributed by atoms with van der Waals surface area (Å²) in [5.74, 6) is 0.451. The quantitative estimate of drug-likeness (QED) is 0.181. The second-order valence-electron chi connectivity index (χ2n) is 9.79. The summed E-state index contributed by atoms with van der Waals surface area (Å²) in [6, 6.07) is 15.1. The third-order valence-corrected chi connectivity index (χ3v) is 8.05. The van der Waals surface area contributed by atoms with E-state index in [1.807, 2.05) is 0 Å². The maximum absolute atomic E-state index is 11.9. The molecule has 1 saturated carbocycles. The number of aromatic nitrogens is 4. The smallest absolute Gasteiger partial charge is 0.374 e. The van der Waals surface area contributed by atoms with Gasteiger partial charge in [-0.3, -0.25) is 0 Å². The summed E-state index contributed by atoms with van der Waals surface area (Å²) >= 11 is 2.37. The van der Waals surface area contributed by atoms with Crippen molar-refractivity contribution >= 4 is 45.5 Å². The monoisotopic (exact) mass is 595 g/mol. The van der Waals surface area contributed by atoms with E-state index >= 15 is 0 Å². The van der Waals surface area contributed by atoms with Gasteiger partial charge < -0.3 is 15.0 Å². The number of carboxylic acids is 1. The summed E-state index contributed by atoms with van der Waals surface area (Å²) in [6.45, 7) is 6.85. The van der Waals surface area contributed by atoms with Gasteiger partial charge >= 0.3 is 5.97 Å². The lowest BCUT2D eigenvalue weighted by Gasteiger charge is -2.32. The van der Waals surface area contributed by atoms with Gasteiger partial charge in [-0.25, -0.2) is 19.7 Å². The van der Waals surface area contributed by atoms with Gasteiger partial charge in [0, 0.05) is 22.6 Å². The number of carboxylic acid groups (broad SMARTS) is 1. The molecule has 1 aliphatic carbocycles. The number of aryl methyl sites for hydroxylation is 2. The van der Waals surface area contributed by atoms with E-state index in [1.54, 1.807) is 0 Å². The molecule has 0 unspecified atom stereocenters. The largest absolute Gasteiger partial charge is 0.475 e. The molecule has 2 N–H and O–H groups in total. The number of imidazole rings is 1. The van der Waals surface area contributed by atoms with Crippen LogP contribution in [0, 0.1) is 19.8 Å². The van der Waals surface area contributed by atoms with Gasteiger partial charge in [0.05, 0.1) is 0 Å². The average Bonchev–Trinajstić information content (AvgIpc) is 3.18. The van der Waals surface area contributed by atoms with E-state index < -0.39 is 5.97 Å². The molecule has 8 heteroatoms. The highest BCUT2D eigenvalue weighted by atomic mass is 127. The first-order chi connectivity index (χ1) is 17.3. The molecule has 1 atom stereocenters. The van der Waals surface area contributed by atoms with Gasteiger partial charge in [-0.2, -0.15) is 0 Å². The number of carbonyl (C=O) groups is 1. The Kier molecular flexibility index (Phi) is 6.96. The fraction of sp³-hybridized carbons (Fsp3) is 0.357. The van der Waals surface area contributed by atoms with Crippen molar-refractivity contribution in [2.75, 3.05) is 5.32 Å². The summed E-state index contributed by atoms with van der Waals surface area (Å²) in [6.07, 6.45) is 3.58. The molecule has 0 spiro atoms. The molecule has 7 nitrogen and oxygen atoms in total. The molecular formula is C28H30IN5O2. The SMILES string of the molecule is Cc1ccc(C)c(-c2nc3nc(C(=O)O)nc(N[C@H](C)C4CCC4)c3n2Cc2ccc(CI)cc2)c1. The maximum Gasteiger partial charge on any atom is 0.374 e. The molecule has 0 bridgehead atoms. The topological polar surface area (TPSA) is 92.9 Å². The molecule has 2 aromatic heterocycles. The van der Waals surface area contributed by atoms with E-state index in [0.717, 1.165) is 38.0 Å². The van der Waals surface area contributed by atoms with Crippen molar-refractivity contribution in [3.05, 3.63) is 70.5 Å². The van der Waals surface area contributed by atoms with Gasteiger partial charge in [0.1, 0.15) is 11.3 Å². The van der Waals surface area contributed by atoms with Crippen LogP contribution in [0.25, 0.3) is 22.6 Å². The Hall–Kier alpha value is -3.01. The fourth-order valence-electron chi connectivity index (χ4n) is 4.76. The number of anilines is 1. The predicted octanol–water partition coefficient (Wildman–Crippen LogP) is 6.39. The van der Waals surface area contributed by atoms with E-state index in [4.69, 9.17) is 4.98 Å². The number of nitrogens with zero attached hydrogens (tertiary/aromatic N) is 4. The van der Waals surface area contributed by atoms with Crippen molar-refractivity contribution in [2.24, 2.45) is 5.92 Å². The first-order valence-electron chi connectivity index (χ1n) is 12.3. The molecule has 1 aliphatic rings. The van der Waals surface area contributed by atoms with Crippen molar-refractivity contribution < 1.29 is 9.90 Å². The van der Waals surface area contributed by atoms with E-state index in [2.05, 4.69) is 106 Å². The summed E-state index contributed by atoms with van der Waals surface area (Å²) in [4.78, 5) is 25.7. The van der Waals surface area contributed by atoms with Gasteiger partial charge in [-0.15, -0.1) is 0 Å². The van der Waals surface area contributed by atoms with Gasteiger partial charge in [0.15, 0.2) is 11.5 Å². The molecule has 4 aromatic rings. The van der Waals surface area contributed by atoms with Crippen LogP contribution in [0.1, 0.15) is 59.1 Å². The van der Waals surface area contributed by atoms with E-state index in [0.29, 0.717) is 23.9 Å². The zero-order valence-corrected chi connectivity index (χ0v) is 22.9. The molecule has 2 heterocycles. The Morgan fingerprint density at radius 1 is 1.11 bits per heavy atom. The molecule has 36 heavy (non-hydrogen) atoms. The van der Waals surface area contributed by atoms with Crippen molar-refractivity contribution in [2.45, 2.75) is 57.0 Å². The van der Waals surface area contributed by atoms with Crippen LogP contribution < -0.4 is 5.32 Å². The highest BCUT2D eigenvalue weighted by Crippen LogP contribution is 2.34. The normalized spacial score (nSPS) is 14.6. The van der Waals surface area contributed by atoms with E-state index in [9.17, 15) is 9.90 Å². The number of hydrogen-bond donors (Lipinski definition) is 2. The van der Waals surface area contributed by atoms with Crippen LogP contribution in [0.3, 0.4) is 0 Å².